The highest BCUT2D eigenvalue weighted by Crippen LogP contribution is 2.22. The molecule has 4 nitrogen and oxygen atoms in total. The van der Waals surface area contributed by atoms with E-state index in [1.807, 2.05) is 54.6 Å². The molecule has 0 saturated carbocycles. The van der Waals surface area contributed by atoms with Gasteiger partial charge in [-0.1, -0.05) is 36.4 Å². The standard InChI is InChI=1S/C17H14N2O2S/c1-21-16(20)14-11-19(15-10-6-5-9-13(14)15)17(22)18-12-7-3-2-4-8-12/h2-11H,1H3,(H,18,22). The number of ether oxygens (including phenoxy) is 1. The summed E-state index contributed by atoms with van der Waals surface area (Å²) in [5, 5.41) is 4.47. The number of para-hydroxylation sites is 2. The molecule has 2 aromatic carbocycles. The predicted molar refractivity (Wildman–Crippen MR) is 91.3 cm³/mol. The molecule has 0 aliphatic rings. The number of fused-ring (bicyclic) bond motifs is 1. The van der Waals surface area contributed by atoms with Gasteiger partial charge in [0.2, 0.25) is 0 Å². The fourth-order valence-corrected chi connectivity index (χ4v) is 2.59. The van der Waals surface area contributed by atoms with Crippen LogP contribution in [-0.2, 0) is 4.74 Å². The first-order valence-corrected chi connectivity index (χ1v) is 7.16. The van der Waals surface area contributed by atoms with Crippen molar-refractivity contribution in [2.75, 3.05) is 12.4 Å². The first kappa shape index (κ1) is 14.3. The van der Waals surface area contributed by atoms with Crippen LogP contribution in [0, 0.1) is 0 Å². The largest absolute Gasteiger partial charge is 0.465 e. The van der Waals surface area contributed by atoms with Crippen molar-refractivity contribution in [3.63, 3.8) is 0 Å². The van der Waals surface area contributed by atoms with E-state index in [1.54, 1.807) is 10.8 Å². The number of thiocarbonyl (C=S) groups is 1. The Kier molecular flexibility index (Phi) is 3.89. The van der Waals surface area contributed by atoms with E-state index in [2.05, 4.69) is 5.32 Å². The molecule has 110 valence electrons. The maximum atomic E-state index is 11.9. The smallest absolute Gasteiger partial charge is 0.340 e. The predicted octanol–water partition coefficient (Wildman–Crippen LogP) is 3.67. The van der Waals surface area contributed by atoms with Gasteiger partial charge < -0.3 is 10.1 Å². The zero-order valence-corrected chi connectivity index (χ0v) is 12.8. The molecule has 0 amide bonds. The SMILES string of the molecule is COC(=O)c1cn(C(=S)Nc2ccccc2)c2ccccc12. The van der Waals surface area contributed by atoms with Crippen LogP contribution < -0.4 is 5.32 Å². The maximum Gasteiger partial charge on any atom is 0.340 e. The van der Waals surface area contributed by atoms with Gasteiger partial charge in [0, 0.05) is 17.3 Å². The number of carbonyl (C=O) groups excluding carboxylic acids is 1. The second kappa shape index (κ2) is 5.99. The molecule has 0 spiro atoms. The van der Waals surface area contributed by atoms with Gasteiger partial charge in [-0.05, 0) is 30.4 Å². The molecule has 5 heteroatoms. The number of hydrogen-bond donors (Lipinski definition) is 1. The number of carbonyl (C=O) groups is 1. The van der Waals surface area contributed by atoms with E-state index in [0.29, 0.717) is 10.7 Å². The van der Waals surface area contributed by atoms with Gasteiger partial charge >= 0.3 is 5.97 Å². The van der Waals surface area contributed by atoms with Crippen LogP contribution in [0.2, 0.25) is 0 Å². The van der Waals surface area contributed by atoms with Crippen molar-refractivity contribution in [3.8, 4) is 0 Å². The molecule has 3 rings (SSSR count). The summed E-state index contributed by atoms with van der Waals surface area (Å²) in [6, 6.07) is 17.2. The lowest BCUT2D eigenvalue weighted by atomic mass is 10.2. The molecule has 0 bridgehead atoms. The normalized spacial score (nSPS) is 10.4. The number of esters is 1. The monoisotopic (exact) mass is 310 g/mol. The van der Waals surface area contributed by atoms with E-state index in [1.165, 1.54) is 7.11 Å². The van der Waals surface area contributed by atoms with Gasteiger partial charge in [-0.3, -0.25) is 4.57 Å². The fraction of sp³-hybridized carbons (Fsp3) is 0.0588. The van der Waals surface area contributed by atoms with Gasteiger partial charge in [-0.25, -0.2) is 4.79 Å². The number of hydrogen-bond acceptors (Lipinski definition) is 3. The minimum Gasteiger partial charge on any atom is -0.465 e. The lowest BCUT2D eigenvalue weighted by Gasteiger charge is -2.09. The number of anilines is 1. The van der Waals surface area contributed by atoms with E-state index in [9.17, 15) is 4.79 Å². The van der Waals surface area contributed by atoms with Crippen LogP contribution in [0.5, 0.6) is 0 Å². The van der Waals surface area contributed by atoms with E-state index in [-0.39, 0.29) is 5.97 Å². The molecular weight excluding hydrogens is 296 g/mol. The Morgan fingerprint density at radius 2 is 1.77 bits per heavy atom. The highest BCUT2D eigenvalue weighted by Gasteiger charge is 2.16. The minimum atomic E-state index is -0.377. The molecule has 0 fully saturated rings. The van der Waals surface area contributed by atoms with E-state index in [4.69, 9.17) is 17.0 Å². The average Bonchev–Trinajstić information content (AvgIpc) is 2.95. The average molecular weight is 310 g/mol. The van der Waals surface area contributed by atoms with Crippen molar-refractivity contribution in [1.82, 2.24) is 4.57 Å². The summed E-state index contributed by atoms with van der Waals surface area (Å²) in [5.74, 6) is -0.377. The molecule has 0 aliphatic carbocycles. The second-order valence-electron chi connectivity index (χ2n) is 4.72. The first-order valence-electron chi connectivity index (χ1n) is 6.75. The van der Waals surface area contributed by atoms with Crippen LogP contribution in [0.15, 0.2) is 60.8 Å². The molecule has 3 aromatic rings. The second-order valence-corrected chi connectivity index (χ2v) is 5.10. The third-order valence-corrected chi connectivity index (χ3v) is 3.66. The highest BCUT2D eigenvalue weighted by molar-refractivity contribution is 7.80. The van der Waals surface area contributed by atoms with Gasteiger partial charge in [0.05, 0.1) is 18.2 Å². The van der Waals surface area contributed by atoms with Gasteiger partial charge in [0.15, 0.2) is 5.11 Å². The van der Waals surface area contributed by atoms with Crippen LogP contribution in [0.4, 0.5) is 5.69 Å². The molecule has 1 N–H and O–H groups in total. The quantitative estimate of drug-likeness (QED) is 0.579. The Bertz CT molecular complexity index is 840. The van der Waals surface area contributed by atoms with Crippen molar-refractivity contribution < 1.29 is 9.53 Å². The van der Waals surface area contributed by atoms with E-state index >= 15 is 0 Å². The summed E-state index contributed by atoms with van der Waals surface area (Å²) in [5.41, 5.74) is 2.25. The number of aromatic nitrogens is 1. The molecule has 0 radical (unpaired) electrons. The van der Waals surface area contributed by atoms with E-state index in [0.717, 1.165) is 16.6 Å². The number of nitrogens with zero attached hydrogens (tertiary/aromatic N) is 1. The summed E-state index contributed by atoms with van der Waals surface area (Å²) in [4.78, 5) is 11.9. The lowest BCUT2D eigenvalue weighted by Crippen LogP contribution is -2.18. The van der Waals surface area contributed by atoms with Crippen LogP contribution in [0.25, 0.3) is 10.9 Å². The van der Waals surface area contributed by atoms with Crippen molar-refractivity contribution in [1.29, 1.82) is 0 Å². The highest BCUT2D eigenvalue weighted by atomic mass is 32.1. The Hall–Kier alpha value is -2.66. The van der Waals surface area contributed by atoms with Crippen LogP contribution in [0.3, 0.4) is 0 Å². The summed E-state index contributed by atoms with van der Waals surface area (Å²) in [7, 11) is 1.37. The Morgan fingerprint density at radius 3 is 2.50 bits per heavy atom. The van der Waals surface area contributed by atoms with Crippen molar-refractivity contribution in [2.24, 2.45) is 0 Å². The first-order chi connectivity index (χ1) is 10.7. The molecule has 1 aromatic heterocycles. The third kappa shape index (κ3) is 2.58. The molecule has 0 aliphatic heterocycles. The summed E-state index contributed by atoms with van der Waals surface area (Å²) in [6.07, 6.45) is 1.70. The number of rotatable bonds is 2. The van der Waals surface area contributed by atoms with E-state index < -0.39 is 0 Å². The fourth-order valence-electron chi connectivity index (χ4n) is 2.33. The lowest BCUT2D eigenvalue weighted by molar-refractivity contribution is 0.0603. The van der Waals surface area contributed by atoms with Crippen LogP contribution in [-0.4, -0.2) is 22.8 Å². The zero-order valence-electron chi connectivity index (χ0n) is 11.9. The topological polar surface area (TPSA) is 43.3 Å². The van der Waals surface area contributed by atoms with Crippen molar-refractivity contribution >= 4 is 39.9 Å². The molecule has 0 saturated heterocycles. The molecule has 22 heavy (non-hydrogen) atoms. The maximum absolute atomic E-state index is 11.9. The van der Waals surface area contributed by atoms with Gasteiger partial charge in [-0.15, -0.1) is 0 Å². The van der Waals surface area contributed by atoms with Gasteiger partial charge in [0.25, 0.3) is 0 Å². The molecule has 1 heterocycles. The van der Waals surface area contributed by atoms with Crippen molar-refractivity contribution in [3.05, 3.63) is 66.4 Å². The van der Waals surface area contributed by atoms with Crippen LogP contribution >= 0.6 is 12.2 Å². The third-order valence-electron chi connectivity index (χ3n) is 3.36. The Morgan fingerprint density at radius 1 is 1.09 bits per heavy atom. The molecular formula is C17H14N2O2S. The Labute approximate surface area is 133 Å². The summed E-state index contributed by atoms with van der Waals surface area (Å²) >= 11 is 5.47. The number of benzene rings is 2. The zero-order chi connectivity index (χ0) is 15.5. The summed E-state index contributed by atoms with van der Waals surface area (Å²) < 4.78 is 6.62. The van der Waals surface area contributed by atoms with Crippen molar-refractivity contribution in [2.45, 2.75) is 0 Å². The molecule has 0 unspecified atom stereocenters. The molecule has 0 atom stereocenters. The van der Waals surface area contributed by atoms with Gasteiger partial charge in [0.1, 0.15) is 0 Å². The minimum absolute atomic E-state index is 0.377. The summed E-state index contributed by atoms with van der Waals surface area (Å²) in [6.45, 7) is 0. The van der Waals surface area contributed by atoms with Gasteiger partial charge in [-0.2, -0.15) is 0 Å². The number of methoxy groups -OCH3 is 1. The number of nitrogens with one attached hydrogen (secondary N) is 1. The van der Waals surface area contributed by atoms with Crippen LogP contribution in [0.1, 0.15) is 10.4 Å². The Balaban J connectivity index is 2.03.